The van der Waals surface area contributed by atoms with Gasteiger partial charge in [-0.15, -0.1) is 11.8 Å². The van der Waals surface area contributed by atoms with E-state index in [-0.39, 0.29) is 0 Å². The molecule has 0 aliphatic heterocycles. The Balaban J connectivity index is 1.69. The predicted molar refractivity (Wildman–Crippen MR) is 99.6 cm³/mol. The van der Waals surface area contributed by atoms with Crippen molar-refractivity contribution in [2.24, 2.45) is 0 Å². The molecule has 6 heteroatoms. The SMILES string of the molecule is CSc1c(Oc2cccc(-c3ncc(C=O)[nH]3)c2)ccc2[nH]ccc12. The minimum Gasteiger partial charge on any atom is -0.456 e. The zero-order valence-electron chi connectivity index (χ0n) is 13.4. The monoisotopic (exact) mass is 349 g/mol. The number of nitrogens with zero attached hydrogens (tertiary/aromatic N) is 1. The number of aromatic amines is 2. The molecule has 0 aliphatic rings. The lowest BCUT2D eigenvalue weighted by molar-refractivity contribution is 0.111. The fraction of sp³-hybridized carbons (Fsp3) is 0.0526. The summed E-state index contributed by atoms with van der Waals surface area (Å²) >= 11 is 1.65. The summed E-state index contributed by atoms with van der Waals surface area (Å²) in [5, 5.41) is 1.14. The van der Waals surface area contributed by atoms with Crippen LogP contribution in [0.5, 0.6) is 11.5 Å². The molecule has 124 valence electrons. The van der Waals surface area contributed by atoms with Gasteiger partial charge in [0.15, 0.2) is 6.29 Å². The van der Waals surface area contributed by atoms with Crippen molar-refractivity contribution >= 4 is 29.0 Å². The van der Waals surface area contributed by atoms with Gasteiger partial charge in [-0.25, -0.2) is 4.98 Å². The highest BCUT2D eigenvalue weighted by Crippen LogP contribution is 2.37. The number of rotatable bonds is 5. The van der Waals surface area contributed by atoms with Crippen LogP contribution in [0.4, 0.5) is 0 Å². The number of carbonyl (C=O) groups excluding carboxylic acids is 1. The first-order valence-corrected chi connectivity index (χ1v) is 8.93. The van der Waals surface area contributed by atoms with Crippen molar-refractivity contribution in [2.75, 3.05) is 6.26 Å². The first-order chi connectivity index (χ1) is 12.3. The number of nitrogens with one attached hydrogen (secondary N) is 2. The lowest BCUT2D eigenvalue weighted by Crippen LogP contribution is -1.89. The summed E-state index contributed by atoms with van der Waals surface area (Å²) in [6.45, 7) is 0. The van der Waals surface area contributed by atoms with Crippen LogP contribution in [0.25, 0.3) is 22.3 Å². The van der Waals surface area contributed by atoms with Crippen molar-refractivity contribution < 1.29 is 9.53 Å². The molecule has 4 rings (SSSR count). The molecule has 2 aromatic carbocycles. The van der Waals surface area contributed by atoms with Gasteiger partial charge in [-0.1, -0.05) is 12.1 Å². The van der Waals surface area contributed by atoms with Crippen LogP contribution in [0.2, 0.25) is 0 Å². The number of carbonyl (C=O) groups is 1. The zero-order valence-corrected chi connectivity index (χ0v) is 14.3. The minimum atomic E-state index is 0.448. The maximum atomic E-state index is 10.8. The van der Waals surface area contributed by atoms with Crippen LogP contribution in [-0.2, 0) is 0 Å². The summed E-state index contributed by atoms with van der Waals surface area (Å²) in [7, 11) is 0. The van der Waals surface area contributed by atoms with Crippen LogP contribution in [-0.4, -0.2) is 27.5 Å². The Kier molecular flexibility index (Phi) is 4.03. The maximum Gasteiger partial charge on any atom is 0.167 e. The summed E-state index contributed by atoms with van der Waals surface area (Å²) in [5.41, 5.74) is 2.39. The zero-order chi connectivity index (χ0) is 17.2. The fourth-order valence-electron chi connectivity index (χ4n) is 2.75. The standard InChI is InChI=1S/C19H15N3O2S/c1-25-18-15-7-8-20-16(15)5-6-17(18)24-14-4-2-3-12(9-14)19-21-10-13(11-23)22-19/h2-11,20H,1H3,(H,21,22). The molecule has 2 heterocycles. The molecule has 25 heavy (non-hydrogen) atoms. The summed E-state index contributed by atoms with van der Waals surface area (Å²) in [6.07, 6.45) is 6.22. The molecule has 0 fully saturated rings. The Morgan fingerprint density at radius 3 is 2.92 bits per heavy atom. The molecule has 0 amide bonds. The van der Waals surface area contributed by atoms with Crippen LogP contribution in [0, 0.1) is 0 Å². The van der Waals surface area contributed by atoms with Gasteiger partial charge in [0.05, 0.1) is 16.8 Å². The molecule has 2 aromatic heterocycles. The van der Waals surface area contributed by atoms with E-state index >= 15 is 0 Å². The minimum absolute atomic E-state index is 0.448. The second kappa shape index (κ2) is 6.49. The first kappa shape index (κ1) is 15.5. The number of benzene rings is 2. The quantitative estimate of drug-likeness (QED) is 0.398. The third-order valence-corrected chi connectivity index (χ3v) is 4.74. The van der Waals surface area contributed by atoms with E-state index in [1.165, 1.54) is 6.20 Å². The van der Waals surface area contributed by atoms with Gasteiger partial charge >= 0.3 is 0 Å². The normalized spacial score (nSPS) is 10.9. The van der Waals surface area contributed by atoms with E-state index in [0.29, 0.717) is 17.3 Å². The van der Waals surface area contributed by atoms with Crippen LogP contribution in [0.1, 0.15) is 10.5 Å². The van der Waals surface area contributed by atoms with E-state index < -0.39 is 0 Å². The Morgan fingerprint density at radius 2 is 2.12 bits per heavy atom. The summed E-state index contributed by atoms with van der Waals surface area (Å²) in [6, 6.07) is 13.7. The molecular formula is C19H15N3O2S. The molecule has 0 aliphatic carbocycles. The molecule has 0 saturated carbocycles. The molecule has 0 saturated heterocycles. The second-order valence-corrected chi connectivity index (χ2v) is 6.29. The first-order valence-electron chi connectivity index (χ1n) is 7.71. The van der Waals surface area contributed by atoms with Crippen LogP contribution >= 0.6 is 11.8 Å². The molecule has 5 nitrogen and oxygen atoms in total. The molecule has 0 spiro atoms. The van der Waals surface area contributed by atoms with E-state index in [0.717, 1.165) is 33.4 Å². The molecule has 0 bridgehead atoms. The summed E-state index contributed by atoms with van der Waals surface area (Å²) in [5.74, 6) is 2.16. The van der Waals surface area contributed by atoms with Crippen molar-refractivity contribution in [1.82, 2.24) is 15.0 Å². The van der Waals surface area contributed by atoms with Gasteiger partial charge in [-0.2, -0.15) is 0 Å². The van der Waals surface area contributed by atoms with Gasteiger partial charge in [-0.05, 0) is 36.6 Å². The highest BCUT2D eigenvalue weighted by Gasteiger charge is 2.11. The summed E-state index contributed by atoms with van der Waals surface area (Å²) < 4.78 is 6.13. The van der Waals surface area contributed by atoms with Crippen LogP contribution < -0.4 is 4.74 Å². The molecule has 2 N–H and O–H groups in total. The number of thioether (sulfide) groups is 1. The van der Waals surface area contributed by atoms with Gasteiger partial charge in [0.2, 0.25) is 0 Å². The third-order valence-electron chi connectivity index (χ3n) is 3.91. The number of hydrogen-bond acceptors (Lipinski definition) is 4. The highest BCUT2D eigenvalue weighted by atomic mass is 32.2. The van der Waals surface area contributed by atoms with Crippen molar-refractivity contribution in [3.05, 3.63) is 60.6 Å². The van der Waals surface area contributed by atoms with E-state index in [9.17, 15) is 4.79 Å². The van der Waals surface area contributed by atoms with Gasteiger partial charge in [0, 0.05) is 22.7 Å². The van der Waals surface area contributed by atoms with Gasteiger partial charge in [0.25, 0.3) is 0 Å². The fourth-order valence-corrected chi connectivity index (χ4v) is 3.46. The largest absolute Gasteiger partial charge is 0.456 e. The van der Waals surface area contributed by atoms with Crippen molar-refractivity contribution in [3.8, 4) is 22.9 Å². The average molecular weight is 349 g/mol. The van der Waals surface area contributed by atoms with E-state index in [1.807, 2.05) is 54.9 Å². The van der Waals surface area contributed by atoms with Crippen molar-refractivity contribution in [2.45, 2.75) is 4.90 Å². The molecule has 0 unspecified atom stereocenters. The lowest BCUT2D eigenvalue weighted by atomic mass is 10.2. The smallest absolute Gasteiger partial charge is 0.167 e. The Hall–Kier alpha value is -2.99. The second-order valence-electron chi connectivity index (χ2n) is 5.47. The van der Waals surface area contributed by atoms with Crippen molar-refractivity contribution in [3.63, 3.8) is 0 Å². The predicted octanol–water partition coefficient (Wildman–Crippen LogP) is 4.88. The van der Waals surface area contributed by atoms with Gasteiger partial charge in [-0.3, -0.25) is 4.79 Å². The highest BCUT2D eigenvalue weighted by molar-refractivity contribution is 7.99. The number of aromatic nitrogens is 3. The topological polar surface area (TPSA) is 70.8 Å². The van der Waals surface area contributed by atoms with Gasteiger partial charge in [0.1, 0.15) is 17.3 Å². The summed E-state index contributed by atoms with van der Waals surface area (Å²) in [4.78, 5) is 22.3. The van der Waals surface area contributed by atoms with E-state index in [1.54, 1.807) is 11.8 Å². The molecular weight excluding hydrogens is 334 g/mol. The Morgan fingerprint density at radius 1 is 1.20 bits per heavy atom. The maximum absolute atomic E-state index is 10.8. The van der Waals surface area contributed by atoms with Crippen molar-refractivity contribution in [1.29, 1.82) is 0 Å². The number of imidazole rings is 1. The van der Waals surface area contributed by atoms with E-state index in [4.69, 9.17) is 4.74 Å². The molecule has 0 radical (unpaired) electrons. The molecule has 0 atom stereocenters. The Labute approximate surface area is 148 Å². The van der Waals surface area contributed by atoms with E-state index in [2.05, 4.69) is 15.0 Å². The average Bonchev–Trinajstić information content (AvgIpc) is 3.31. The van der Waals surface area contributed by atoms with Crippen LogP contribution in [0.15, 0.2) is 59.8 Å². The lowest BCUT2D eigenvalue weighted by Gasteiger charge is -2.11. The number of hydrogen-bond donors (Lipinski definition) is 2. The number of fused-ring (bicyclic) bond motifs is 1. The number of aldehydes is 1. The van der Waals surface area contributed by atoms with Gasteiger partial charge < -0.3 is 14.7 Å². The molecule has 4 aromatic rings. The number of H-pyrrole nitrogens is 2. The van der Waals surface area contributed by atoms with Crippen LogP contribution in [0.3, 0.4) is 0 Å². The third kappa shape index (κ3) is 2.92. The number of ether oxygens (including phenoxy) is 1. The Bertz CT molecular complexity index is 1050.